The van der Waals surface area contributed by atoms with Crippen molar-refractivity contribution >= 4 is 5.91 Å². The monoisotopic (exact) mass is 297 g/mol. The summed E-state index contributed by atoms with van der Waals surface area (Å²) < 4.78 is 0. The van der Waals surface area contributed by atoms with Crippen LogP contribution in [0.4, 0.5) is 0 Å². The molecular weight excluding hydrogens is 274 g/mol. The molecule has 1 aliphatic heterocycles. The van der Waals surface area contributed by atoms with Gasteiger partial charge in [-0.25, -0.2) is 0 Å². The second kappa shape index (κ2) is 8.35. The highest BCUT2D eigenvalue weighted by Crippen LogP contribution is 2.19. The number of nitrogens with one attached hydrogen (secondary N) is 1. The van der Waals surface area contributed by atoms with Crippen LogP contribution < -0.4 is 5.32 Å². The normalized spacial score (nSPS) is 18.4. The van der Waals surface area contributed by atoms with Gasteiger partial charge < -0.3 is 5.32 Å². The van der Waals surface area contributed by atoms with Crippen LogP contribution in [0.15, 0.2) is 36.9 Å². The first kappa shape index (κ1) is 16.3. The summed E-state index contributed by atoms with van der Waals surface area (Å²) >= 11 is 0. The van der Waals surface area contributed by atoms with Crippen LogP contribution in [-0.2, 0) is 11.3 Å². The van der Waals surface area contributed by atoms with Gasteiger partial charge in [0, 0.05) is 26.1 Å². The number of carbonyl (C=O) groups excluding carboxylic acids is 1. The summed E-state index contributed by atoms with van der Waals surface area (Å²) in [5.74, 6) is 0.527. The molecule has 116 valence electrons. The van der Waals surface area contributed by atoms with E-state index in [2.05, 4.69) is 22.9 Å². The molecule has 1 aliphatic rings. The molecule has 0 spiro atoms. The molecule has 0 bridgehead atoms. The minimum absolute atomic E-state index is 0.0435. The number of nitrogens with zero attached hydrogens (tertiary/aromatic N) is 2. The Balaban J connectivity index is 1.87. The van der Waals surface area contributed by atoms with Gasteiger partial charge in [0.15, 0.2) is 0 Å². The second-order valence-corrected chi connectivity index (χ2v) is 5.81. The number of benzene rings is 1. The van der Waals surface area contributed by atoms with Gasteiger partial charge in [0.2, 0.25) is 5.91 Å². The van der Waals surface area contributed by atoms with Crippen molar-refractivity contribution in [2.24, 2.45) is 5.92 Å². The molecule has 0 aliphatic carbocycles. The van der Waals surface area contributed by atoms with Crippen molar-refractivity contribution in [1.29, 1.82) is 5.26 Å². The van der Waals surface area contributed by atoms with Crippen LogP contribution in [-0.4, -0.2) is 30.4 Å². The first-order chi connectivity index (χ1) is 10.7. The number of likely N-dealkylation sites (tertiary alicyclic amines) is 1. The van der Waals surface area contributed by atoms with Crippen molar-refractivity contribution in [3.05, 3.63) is 48.0 Å². The Labute approximate surface area is 132 Å². The van der Waals surface area contributed by atoms with Gasteiger partial charge in [-0.15, -0.1) is 6.58 Å². The lowest BCUT2D eigenvalue weighted by Crippen LogP contribution is -2.40. The van der Waals surface area contributed by atoms with Crippen molar-refractivity contribution in [2.75, 3.05) is 19.6 Å². The highest BCUT2D eigenvalue weighted by Gasteiger charge is 2.20. The van der Waals surface area contributed by atoms with E-state index >= 15 is 0 Å². The minimum Gasteiger partial charge on any atom is -0.356 e. The summed E-state index contributed by atoms with van der Waals surface area (Å²) in [6, 6.07) is 10.0. The van der Waals surface area contributed by atoms with E-state index in [1.807, 2.05) is 24.3 Å². The van der Waals surface area contributed by atoms with Gasteiger partial charge in [0.1, 0.15) is 0 Å². The van der Waals surface area contributed by atoms with Crippen LogP contribution in [0.5, 0.6) is 0 Å². The van der Waals surface area contributed by atoms with E-state index in [4.69, 9.17) is 0 Å². The van der Waals surface area contributed by atoms with Crippen LogP contribution >= 0.6 is 0 Å². The maximum atomic E-state index is 11.5. The van der Waals surface area contributed by atoms with E-state index in [1.165, 1.54) is 0 Å². The standard InChI is InChI=1S/C18H23N3O/c1-2-6-18(22)20-12-15-7-5-10-21(13-15)14-17-9-4-3-8-16(17)11-19/h2-4,8-9,15H,1,5-7,10,12-14H2,(H,20,22)/t15-/m0/s1. The molecule has 1 amide bonds. The molecule has 1 aromatic carbocycles. The highest BCUT2D eigenvalue weighted by molar-refractivity contribution is 5.77. The lowest BCUT2D eigenvalue weighted by molar-refractivity contribution is -0.120. The highest BCUT2D eigenvalue weighted by atomic mass is 16.1. The molecule has 0 aromatic heterocycles. The lowest BCUT2D eigenvalue weighted by atomic mass is 9.97. The van der Waals surface area contributed by atoms with Gasteiger partial charge >= 0.3 is 0 Å². The largest absolute Gasteiger partial charge is 0.356 e. The molecule has 1 aromatic rings. The maximum Gasteiger partial charge on any atom is 0.223 e. The van der Waals surface area contributed by atoms with Crippen LogP contribution in [0.1, 0.15) is 30.4 Å². The number of nitriles is 1. The Morgan fingerprint density at radius 2 is 2.32 bits per heavy atom. The summed E-state index contributed by atoms with van der Waals surface area (Å²) in [7, 11) is 0. The zero-order valence-corrected chi connectivity index (χ0v) is 12.9. The summed E-state index contributed by atoms with van der Waals surface area (Å²) in [5.41, 5.74) is 1.84. The quantitative estimate of drug-likeness (QED) is 0.821. The third-order valence-corrected chi connectivity index (χ3v) is 4.05. The van der Waals surface area contributed by atoms with Gasteiger partial charge in [0.25, 0.3) is 0 Å². The number of amides is 1. The lowest BCUT2D eigenvalue weighted by Gasteiger charge is -2.33. The zero-order chi connectivity index (χ0) is 15.8. The molecule has 4 heteroatoms. The van der Waals surface area contributed by atoms with Crippen LogP contribution in [0.25, 0.3) is 0 Å². The van der Waals surface area contributed by atoms with E-state index in [1.54, 1.807) is 6.08 Å². The molecule has 1 N–H and O–H groups in total. The molecule has 2 rings (SSSR count). The van der Waals surface area contributed by atoms with E-state index in [9.17, 15) is 10.1 Å². The second-order valence-electron chi connectivity index (χ2n) is 5.81. The van der Waals surface area contributed by atoms with Crippen molar-refractivity contribution in [2.45, 2.75) is 25.8 Å². The topological polar surface area (TPSA) is 56.1 Å². The summed E-state index contributed by atoms with van der Waals surface area (Å²) in [6.07, 6.45) is 4.29. The van der Waals surface area contributed by atoms with Gasteiger partial charge in [-0.05, 0) is 36.9 Å². The average Bonchev–Trinajstić information content (AvgIpc) is 2.54. The number of rotatable bonds is 6. The Bertz CT molecular complexity index is 562. The third kappa shape index (κ3) is 4.71. The zero-order valence-electron chi connectivity index (χ0n) is 12.9. The summed E-state index contributed by atoms with van der Waals surface area (Å²) in [5, 5.41) is 12.1. The summed E-state index contributed by atoms with van der Waals surface area (Å²) in [6.45, 7) is 7.13. The Morgan fingerprint density at radius 3 is 3.09 bits per heavy atom. The fourth-order valence-corrected chi connectivity index (χ4v) is 2.93. The molecule has 22 heavy (non-hydrogen) atoms. The molecule has 1 saturated heterocycles. The van der Waals surface area contributed by atoms with Crippen LogP contribution in [0.3, 0.4) is 0 Å². The first-order valence-electron chi connectivity index (χ1n) is 7.81. The number of hydrogen-bond acceptors (Lipinski definition) is 3. The van der Waals surface area contributed by atoms with Crippen molar-refractivity contribution in [3.8, 4) is 6.07 Å². The Morgan fingerprint density at radius 1 is 1.50 bits per heavy atom. The van der Waals surface area contributed by atoms with Crippen LogP contribution in [0, 0.1) is 17.2 Å². The predicted octanol–water partition coefficient (Wildman–Crippen LogP) is 2.46. The van der Waals surface area contributed by atoms with Gasteiger partial charge in [-0.2, -0.15) is 5.26 Å². The average molecular weight is 297 g/mol. The molecule has 0 unspecified atom stereocenters. The molecule has 1 fully saturated rings. The molecular formula is C18H23N3O. The molecule has 0 radical (unpaired) electrons. The fourth-order valence-electron chi connectivity index (χ4n) is 2.93. The van der Waals surface area contributed by atoms with Crippen molar-refractivity contribution < 1.29 is 4.79 Å². The number of piperidine rings is 1. The minimum atomic E-state index is 0.0435. The molecule has 4 nitrogen and oxygen atoms in total. The van der Waals surface area contributed by atoms with E-state index in [0.29, 0.717) is 12.3 Å². The fraction of sp³-hybridized carbons (Fsp3) is 0.444. The number of hydrogen-bond donors (Lipinski definition) is 1. The third-order valence-electron chi connectivity index (χ3n) is 4.05. The van der Waals surface area contributed by atoms with Crippen molar-refractivity contribution in [3.63, 3.8) is 0 Å². The number of carbonyl (C=O) groups is 1. The molecule has 1 heterocycles. The first-order valence-corrected chi connectivity index (χ1v) is 7.81. The Kier molecular flexibility index (Phi) is 6.17. The maximum absolute atomic E-state index is 11.5. The van der Waals surface area contributed by atoms with E-state index in [-0.39, 0.29) is 5.91 Å². The van der Waals surface area contributed by atoms with Gasteiger partial charge in [-0.1, -0.05) is 24.3 Å². The van der Waals surface area contributed by atoms with Crippen LogP contribution in [0.2, 0.25) is 0 Å². The summed E-state index contributed by atoms with van der Waals surface area (Å²) in [4.78, 5) is 13.9. The smallest absolute Gasteiger partial charge is 0.223 e. The van der Waals surface area contributed by atoms with Gasteiger partial charge in [0.05, 0.1) is 11.6 Å². The molecule has 0 saturated carbocycles. The van der Waals surface area contributed by atoms with Crippen molar-refractivity contribution in [1.82, 2.24) is 10.2 Å². The predicted molar refractivity (Wildman–Crippen MR) is 87.0 cm³/mol. The van der Waals surface area contributed by atoms with Gasteiger partial charge in [-0.3, -0.25) is 9.69 Å². The SMILES string of the molecule is C=CCC(=O)NC[C@@H]1CCCN(Cc2ccccc2C#N)C1. The van der Waals surface area contributed by atoms with E-state index in [0.717, 1.165) is 50.1 Å². The molecule has 1 atom stereocenters. The Hall–Kier alpha value is -2.12. The van der Waals surface area contributed by atoms with E-state index < -0.39 is 0 Å².